The fourth-order valence-corrected chi connectivity index (χ4v) is 2.49. The zero-order chi connectivity index (χ0) is 10.3. The zero-order valence-electron chi connectivity index (χ0n) is 7.80. The normalized spacial score (nSPS) is 15.4. The minimum atomic E-state index is 0.486. The van der Waals surface area contributed by atoms with Crippen molar-refractivity contribution in [2.75, 3.05) is 11.4 Å². The van der Waals surface area contributed by atoms with E-state index >= 15 is 0 Å². The van der Waals surface area contributed by atoms with Crippen LogP contribution in [0.15, 0.2) is 12.4 Å². The Hall–Kier alpha value is -1.14. The average Bonchev–Trinajstić information content (AvgIpc) is 2.84. The Morgan fingerprint density at radius 2 is 2.27 bits per heavy atom. The van der Waals surface area contributed by atoms with E-state index in [2.05, 4.69) is 23.2 Å². The lowest BCUT2D eigenvalue weighted by Crippen LogP contribution is -2.33. The minimum Gasteiger partial charge on any atom is -0.344 e. The smallest absolute Gasteiger partial charge is 0.187 e. The van der Waals surface area contributed by atoms with Crippen molar-refractivity contribution < 1.29 is 0 Å². The summed E-state index contributed by atoms with van der Waals surface area (Å²) in [6.45, 7) is 2.57. The molecule has 0 fully saturated rings. The zero-order valence-corrected chi connectivity index (χ0v) is 9.37. The quantitative estimate of drug-likeness (QED) is 0.758. The van der Waals surface area contributed by atoms with Gasteiger partial charge >= 0.3 is 0 Å². The van der Waals surface area contributed by atoms with Gasteiger partial charge in [-0.25, -0.2) is 4.98 Å². The van der Waals surface area contributed by atoms with E-state index < -0.39 is 0 Å². The molecule has 0 saturated carbocycles. The molecule has 0 spiro atoms. The van der Waals surface area contributed by atoms with Crippen molar-refractivity contribution in [3.05, 3.63) is 23.4 Å². The molecule has 0 aromatic carbocycles. The van der Waals surface area contributed by atoms with Crippen LogP contribution in [0.2, 0.25) is 5.15 Å². The van der Waals surface area contributed by atoms with Gasteiger partial charge in [-0.3, -0.25) is 0 Å². The van der Waals surface area contributed by atoms with Crippen LogP contribution in [0.4, 0.5) is 5.82 Å². The first-order valence-corrected chi connectivity index (χ1v) is 5.68. The number of imidazole rings is 1. The standard InChI is InChI=1S/C8H8ClN5S/c9-7-8(12-15-11-7)14-4-3-13-2-1-10-6(13)5-14/h1-2H,3-5H2. The molecule has 2 aromatic rings. The maximum Gasteiger partial charge on any atom is 0.187 e. The molecule has 0 N–H and O–H groups in total. The summed E-state index contributed by atoms with van der Waals surface area (Å²) in [6.07, 6.45) is 3.81. The minimum absolute atomic E-state index is 0.486. The number of aromatic nitrogens is 4. The van der Waals surface area contributed by atoms with Gasteiger partial charge < -0.3 is 9.47 Å². The number of hydrogen-bond acceptors (Lipinski definition) is 5. The van der Waals surface area contributed by atoms with Crippen LogP contribution in [0.5, 0.6) is 0 Å². The van der Waals surface area contributed by atoms with Crippen LogP contribution in [-0.2, 0) is 13.1 Å². The molecular weight excluding hydrogens is 234 g/mol. The second kappa shape index (κ2) is 3.46. The van der Waals surface area contributed by atoms with Crippen LogP contribution in [0.25, 0.3) is 0 Å². The molecule has 0 atom stereocenters. The van der Waals surface area contributed by atoms with E-state index in [-0.39, 0.29) is 0 Å². The molecule has 3 heterocycles. The summed E-state index contributed by atoms with van der Waals surface area (Å²) in [4.78, 5) is 6.39. The van der Waals surface area contributed by atoms with Crippen LogP contribution in [0.1, 0.15) is 5.82 Å². The Kier molecular flexibility index (Phi) is 2.10. The van der Waals surface area contributed by atoms with Gasteiger partial charge in [0.05, 0.1) is 18.3 Å². The molecule has 0 unspecified atom stereocenters. The Balaban J connectivity index is 1.90. The molecule has 0 saturated heterocycles. The van der Waals surface area contributed by atoms with E-state index in [1.54, 1.807) is 0 Å². The molecule has 2 aromatic heterocycles. The summed E-state index contributed by atoms with van der Waals surface area (Å²) in [6, 6.07) is 0. The van der Waals surface area contributed by atoms with Crippen molar-refractivity contribution in [3.63, 3.8) is 0 Å². The largest absolute Gasteiger partial charge is 0.344 e. The predicted octanol–water partition coefficient (Wildman–Crippen LogP) is 1.41. The first-order chi connectivity index (χ1) is 7.34. The maximum absolute atomic E-state index is 5.94. The van der Waals surface area contributed by atoms with Crippen LogP contribution in [0.3, 0.4) is 0 Å². The topological polar surface area (TPSA) is 46.8 Å². The first-order valence-electron chi connectivity index (χ1n) is 4.57. The van der Waals surface area contributed by atoms with E-state index in [0.29, 0.717) is 5.15 Å². The van der Waals surface area contributed by atoms with Crippen LogP contribution < -0.4 is 4.90 Å². The Bertz CT molecular complexity index is 479. The molecule has 0 bridgehead atoms. The van der Waals surface area contributed by atoms with Crippen molar-refractivity contribution in [3.8, 4) is 0 Å². The highest BCUT2D eigenvalue weighted by Gasteiger charge is 2.21. The fraction of sp³-hybridized carbons (Fsp3) is 0.375. The highest BCUT2D eigenvalue weighted by molar-refractivity contribution is 6.99. The number of halogens is 1. The van der Waals surface area contributed by atoms with E-state index in [0.717, 1.165) is 43.0 Å². The highest BCUT2D eigenvalue weighted by Crippen LogP contribution is 2.25. The molecule has 3 rings (SSSR count). The Labute approximate surface area is 95.6 Å². The lowest BCUT2D eigenvalue weighted by Gasteiger charge is -2.27. The third-order valence-electron chi connectivity index (χ3n) is 2.48. The number of nitrogens with zero attached hydrogens (tertiary/aromatic N) is 5. The van der Waals surface area contributed by atoms with E-state index in [1.807, 2.05) is 12.4 Å². The summed E-state index contributed by atoms with van der Waals surface area (Å²) < 4.78 is 10.3. The number of hydrogen-bond donors (Lipinski definition) is 0. The number of anilines is 1. The van der Waals surface area contributed by atoms with E-state index in [4.69, 9.17) is 11.6 Å². The second-order valence-electron chi connectivity index (χ2n) is 3.34. The van der Waals surface area contributed by atoms with E-state index in [1.165, 1.54) is 0 Å². The van der Waals surface area contributed by atoms with Gasteiger partial charge in [-0.2, -0.15) is 8.75 Å². The highest BCUT2D eigenvalue weighted by atomic mass is 35.5. The van der Waals surface area contributed by atoms with E-state index in [9.17, 15) is 0 Å². The molecular formula is C8H8ClN5S. The molecule has 0 amide bonds. The molecule has 5 nitrogen and oxygen atoms in total. The van der Waals surface area contributed by atoms with Crippen LogP contribution in [0, 0.1) is 0 Å². The summed E-state index contributed by atoms with van der Waals surface area (Å²) in [5, 5.41) is 0.486. The molecule has 1 aliphatic heterocycles. The second-order valence-corrected chi connectivity index (χ2v) is 4.22. The fourth-order valence-electron chi connectivity index (χ4n) is 1.72. The molecule has 15 heavy (non-hydrogen) atoms. The van der Waals surface area contributed by atoms with Crippen molar-refractivity contribution >= 4 is 29.1 Å². The third-order valence-corrected chi connectivity index (χ3v) is 3.35. The summed E-state index contributed by atoms with van der Waals surface area (Å²) in [5.41, 5.74) is 0. The van der Waals surface area contributed by atoms with Crippen molar-refractivity contribution in [1.29, 1.82) is 0 Å². The Morgan fingerprint density at radius 1 is 1.33 bits per heavy atom. The number of rotatable bonds is 1. The molecule has 0 radical (unpaired) electrons. The summed E-state index contributed by atoms with van der Waals surface area (Å²) in [7, 11) is 0. The monoisotopic (exact) mass is 241 g/mol. The molecule has 78 valence electrons. The van der Waals surface area contributed by atoms with Crippen molar-refractivity contribution in [2.45, 2.75) is 13.1 Å². The van der Waals surface area contributed by atoms with Gasteiger partial charge in [0.15, 0.2) is 11.0 Å². The van der Waals surface area contributed by atoms with Crippen LogP contribution >= 0.6 is 23.3 Å². The van der Waals surface area contributed by atoms with Gasteiger partial charge in [0.1, 0.15) is 5.82 Å². The van der Waals surface area contributed by atoms with Gasteiger partial charge in [0, 0.05) is 25.5 Å². The Morgan fingerprint density at radius 3 is 3.07 bits per heavy atom. The third kappa shape index (κ3) is 1.49. The van der Waals surface area contributed by atoms with Crippen molar-refractivity contribution in [1.82, 2.24) is 18.3 Å². The molecule has 0 aliphatic carbocycles. The molecule has 7 heteroatoms. The lowest BCUT2D eigenvalue weighted by atomic mass is 10.3. The average molecular weight is 242 g/mol. The first kappa shape index (κ1) is 9.11. The maximum atomic E-state index is 5.94. The number of fused-ring (bicyclic) bond motifs is 1. The van der Waals surface area contributed by atoms with Gasteiger partial charge in [-0.15, -0.1) is 0 Å². The van der Waals surface area contributed by atoms with Gasteiger partial charge in [-0.1, -0.05) is 11.6 Å². The summed E-state index contributed by atoms with van der Waals surface area (Å²) >= 11 is 7.08. The lowest BCUT2D eigenvalue weighted by molar-refractivity contribution is 0.557. The van der Waals surface area contributed by atoms with Crippen LogP contribution in [-0.4, -0.2) is 24.8 Å². The van der Waals surface area contributed by atoms with Gasteiger partial charge in [-0.05, 0) is 0 Å². The van der Waals surface area contributed by atoms with Gasteiger partial charge in [0.25, 0.3) is 0 Å². The predicted molar refractivity (Wildman–Crippen MR) is 58.2 cm³/mol. The van der Waals surface area contributed by atoms with Gasteiger partial charge in [0.2, 0.25) is 0 Å². The SMILES string of the molecule is Clc1nsnc1N1CCn2ccnc2C1. The summed E-state index contributed by atoms with van der Waals surface area (Å²) in [5.74, 6) is 1.82. The molecule has 1 aliphatic rings. The van der Waals surface area contributed by atoms with Crippen molar-refractivity contribution in [2.24, 2.45) is 0 Å².